The van der Waals surface area contributed by atoms with Gasteiger partial charge in [-0.3, -0.25) is 4.79 Å². The number of hydrogen-bond donors (Lipinski definition) is 1. The Bertz CT molecular complexity index is 933. The molecule has 0 saturated heterocycles. The van der Waals surface area contributed by atoms with Crippen molar-refractivity contribution in [1.82, 2.24) is 9.55 Å². The van der Waals surface area contributed by atoms with Crippen LogP contribution in [0, 0.1) is 19.3 Å². The minimum Gasteiger partial charge on any atom is -0.341 e. The van der Waals surface area contributed by atoms with Crippen molar-refractivity contribution in [1.29, 1.82) is 0 Å². The fraction of sp³-hybridized carbons (Fsp3) is 0.364. The lowest BCUT2D eigenvalue weighted by atomic mass is 9.92. The van der Waals surface area contributed by atoms with E-state index in [1.165, 1.54) is 5.56 Å². The fourth-order valence-corrected chi connectivity index (χ4v) is 3.17. The van der Waals surface area contributed by atoms with Crippen molar-refractivity contribution in [2.75, 3.05) is 5.32 Å². The molecule has 1 amide bonds. The molecule has 0 unspecified atom stereocenters. The van der Waals surface area contributed by atoms with E-state index < -0.39 is 0 Å². The van der Waals surface area contributed by atoms with Crippen LogP contribution < -0.4 is 5.32 Å². The molecule has 0 bridgehead atoms. The van der Waals surface area contributed by atoms with Gasteiger partial charge in [0, 0.05) is 19.2 Å². The maximum Gasteiger partial charge on any atom is 0.226 e. The van der Waals surface area contributed by atoms with Crippen molar-refractivity contribution in [2.24, 2.45) is 5.41 Å². The van der Waals surface area contributed by atoms with Gasteiger partial charge in [0.25, 0.3) is 0 Å². The first kappa shape index (κ1) is 18.2. The molecule has 1 aromatic carbocycles. The summed E-state index contributed by atoms with van der Waals surface area (Å²) in [6.07, 6.45) is 2.60. The molecule has 3 rings (SSSR count). The molecule has 0 saturated carbocycles. The first-order valence-electron chi connectivity index (χ1n) is 9.04. The van der Waals surface area contributed by atoms with Gasteiger partial charge < -0.3 is 9.88 Å². The maximum absolute atomic E-state index is 12.3. The van der Waals surface area contributed by atoms with E-state index in [4.69, 9.17) is 4.98 Å². The zero-order valence-corrected chi connectivity index (χ0v) is 16.3. The van der Waals surface area contributed by atoms with E-state index in [2.05, 4.69) is 74.1 Å². The van der Waals surface area contributed by atoms with Crippen LogP contribution >= 0.6 is 0 Å². The molecule has 0 fully saturated rings. The average molecular weight is 349 g/mol. The monoisotopic (exact) mass is 349 g/mol. The topological polar surface area (TPSA) is 46.9 Å². The quantitative estimate of drug-likeness (QED) is 0.714. The van der Waals surface area contributed by atoms with Gasteiger partial charge in [0.2, 0.25) is 5.91 Å². The number of fused-ring (bicyclic) bond motifs is 1. The van der Waals surface area contributed by atoms with E-state index in [0.29, 0.717) is 12.2 Å². The highest BCUT2D eigenvalue weighted by Gasteiger charge is 2.18. The summed E-state index contributed by atoms with van der Waals surface area (Å²) in [5.41, 5.74) is 5.34. The minimum atomic E-state index is -0.0446. The normalized spacial score (nSPS) is 11.7. The summed E-state index contributed by atoms with van der Waals surface area (Å²) in [5, 5.41) is 2.99. The number of pyridine rings is 1. The van der Waals surface area contributed by atoms with Gasteiger partial charge in [0.1, 0.15) is 5.82 Å². The Morgan fingerprint density at radius 3 is 2.46 bits per heavy atom. The summed E-state index contributed by atoms with van der Waals surface area (Å²) in [6.45, 7) is 11.0. The van der Waals surface area contributed by atoms with Gasteiger partial charge in [-0.2, -0.15) is 0 Å². The Morgan fingerprint density at radius 1 is 1.12 bits per heavy atom. The molecule has 2 heterocycles. The van der Waals surface area contributed by atoms with Gasteiger partial charge >= 0.3 is 0 Å². The average Bonchev–Trinajstić information content (AvgIpc) is 2.82. The van der Waals surface area contributed by atoms with Gasteiger partial charge in [-0.25, -0.2) is 4.98 Å². The highest BCUT2D eigenvalue weighted by atomic mass is 16.1. The SMILES string of the molecule is Cc1cc2c(nc1NC(=O)CC(C)(C)C)c(C)cn2Cc1ccccc1. The van der Waals surface area contributed by atoms with Crippen molar-refractivity contribution < 1.29 is 4.79 Å². The zero-order valence-electron chi connectivity index (χ0n) is 16.3. The summed E-state index contributed by atoms with van der Waals surface area (Å²) in [4.78, 5) is 17.0. The smallest absolute Gasteiger partial charge is 0.226 e. The van der Waals surface area contributed by atoms with Gasteiger partial charge in [0.15, 0.2) is 0 Å². The number of benzene rings is 1. The second-order valence-corrected chi connectivity index (χ2v) is 8.23. The number of anilines is 1. The van der Waals surface area contributed by atoms with Crippen LogP contribution in [0.4, 0.5) is 5.82 Å². The second kappa shape index (κ2) is 6.94. The summed E-state index contributed by atoms with van der Waals surface area (Å²) in [5.74, 6) is 0.668. The third-order valence-electron chi connectivity index (χ3n) is 4.37. The number of aromatic nitrogens is 2. The van der Waals surface area contributed by atoms with E-state index in [9.17, 15) is 4.79 Å². The molecule has 26 heavy (non-hydrogen) atoms. The van der Waals surface area contributed by atoms with Crippen molar-refractivity contribution >= 4 is 22.8 Å². The van der Waals surface area contributed by atoms with Crippen molar-refractivity contribution in [3.63, 3.8) is 0 Å². The molecule has 3 aromatic rings. The standard InChI is InChI=1S/C22H27N3O/c1-15-11-18-20(24-21(15)23-19(26)12-22(3,4)5)16(2)13-25(18)14-17-9-7-6-8-10-17/h6-11,13H,12,14H2,1-5H3,(H,23,24,26). The maximum atomic E-state index is 12.3. The number of aryl methyl sites for hydroxylation is 2. The van der Waals surface area contributed by atoms with Crippen LogP contribution in [-0.2, 0) is 11.3 Å². The third kappa shape index (κ3) is 4.13. The lowest BCUT2D eigenvalue weighted by molar-refractivity contribution is -0.117. The molecular weight excluding hydrogens is 322 g/mol. The lowest BCUT2D eigenvalue weighted by Crippen LogP contribution is -2.20. The van der Waals surface area contributed by atoms with Crippen LogP contribution in [0.3, 0.4) is 0 Å². The lowest BCUT2D eigenvalue weighted by Gasteiger charge is -2.17. The summed E-state index contributed by atoms with van der Waals surface area (Å²) < 4.78 is 2.22. The molecule has 1 N–H and O–H groups in total. The second-order valence-electron chi connectivity index (χ2n) is 8.23. The van der Waals surface area contributed by atoms with Crippen LogP contribution in [0.2, 0.25) is 0 Å². The molecule has 4 heteroatoms. The number of carbonyl (C=O) groups is 1. The van der Waals surface area contributed by atoms with E-state index in [1.807, 2.05) is 13.0 Å². The Labute approximate surface area is 155 Å². The molecular formula is C22H27N3O. The van der Waals surface area contributed by atoms with Crippen molar-refractivity contribution in [3.8, 4) is 0 Å². The summed E-state index contributed by atoms with van der Waals surface area (Å²) in [7, 11) is 0. The summed E-state index contributed by atoms with van der Waals surface area (Å²) >= 11 is 0. The predicted molar refractivity (Wildman–Crippen MR) is 107 cm³/mol. The van der Waals surface area contributed by atoms with Gasteiger partial charge in [-0.05, 0) is 42.0 Å². The van der Waals surface area contributed by atoms with Gasteiger partial charge in [0.05, 0.1) is 11.0 Å². The van der Waals surface area contributed by atoms with Crippen molar-refractivity contribution in [3.05, 3.63) is 59.3 Å². The molecule has 0 atom stereocenters. The Kier molecular flexibility index (Phi) is 4.86. The van der Waals surface area contributed by atoms with E-state index in [1.54, 1.807) is 0 Å². The van der Waals surface area contributed by atoms with Crippen LogP contribution in [0.5, 0.6) is 0 Å². The molecule has 4 nitrogen and oxygen atoms in total. The molecule has 0 aliphatic carbocycles. The number of nitrogens with zero attached hydrogens (tertiary/aromatic N) is 2. The van der Waals surface area contributed by atoms with Crippen LogP contribution in [0.1, 0.15) is 43.9 Å². The zero-order chi connectivity index (χ0) is 18.9. The largest absolute Gasteiger partial charge is 0.341 e. The predicted octanol–water partition coefficient (Wildman–Crippen LogP) is 5.08. The number of hydrogen-bond acceptors (Lipinski definition) is 2. The third-order valence-corrected chi connectivity index (χ3v) is 4.37. The van der Waals surface area contributed by atoms with Gasteiger partial charge in [-0.1, -0.05) is 51.1 Å². The van der Waals surface area contributed by atoms with E-state index in [0.717, 1.165) is 28.7 Å². The molecule has 0 spiro atoms. The number of amides is 1. The van der Waals surface area contributed by atoms with E-state index in [-0.39, 0.29) is 11.3 Å². The van der Waals surface area contributed by atoms with Crippen LogP contribution in [0.15, 0.2) is 42.6 Å². The van der Waals surface area contributed by atoms with Gasteiger partial charge in [-0.15, -0.1) is 0 Å². The Morgan fingerprint density at radius 2 is 1.81 bits per heavy atom. The highest BCUT2D eigenvalue weighted by Crippen LogP contribution is 2.26. The first-order valence-corrected chi connectivity index (χ1v) is 9.04. The molecule has 0 aliphatic rings. The number of carbonyl (C=O) groups excluding carboxylic acids is 1. The highest BCUT2D eigenvalue weighted by molar-refractivity contribution is 5.93. The van der Waals surface area contributed by atoms with Crippen LogP contribution in [0.25, 0.3) is 11.0 Å². The Hall–Kier alpha value is -2.62. The molecule has 0 radical (unpaired) electrons. The Balaban J connectivity index is 1.92. The van der Waals surface area contributed by atoms with Crippen LogP contribution in [-0.4, -0.2) is 15.5 Å². The fourth-order valence-electron chi connectivity index (χ4n) is 3.17. The molecule has 2 aromatic heterocycles. The molecule has 0 aliphatic heterocycles. The first-order chi connectivity index (χ1) is 12.2. The number of rotatable bonds is 4. The number of nitrogens with one attached hydrogen (secondary N) is 1. The summed E-state index contributed by atoms with van der Waals surface area (Å²) in [6, 6.07) is 12.5. The minimum absolute atomic E-state index is 0.00817. The molecule has 136 valence electrons. The van der Waals surface area contributed by atoms with Crippen molar-refractivity contribution in [2.45, 2.75) is 47.6 Å². The van der Waals surface area contributed by atoms with E-state index >= 15 is 0 Å².